The Morgan fingerprint density at radius 3 is 2.67 bits per heavy atom. The lowest BCUT2D eigenvalue weighted by atomic mass is 10.1. The Morgan fingerprint density at radius 2 is 1.98 bits per heavy atom. The van der Waals surface area contributed by atoms with Crippen LogP contribution in [0.25, 0.3) is 16.6 Å². The summed E-state index contributed by atoms with van der Waals surface area (Å²) in [4.78, 5) is 38.5. The van der Waals surface area contributed by atoms with Crippen molar-refractivity contribution in [3.05, 3.63) is 80.8 Å². The first-order valence-corrected chi connectivity index (χ1v) is 15.1. The van der Waals surface area contributed by atoms with Crippen molar-refractivity contribution in [2.75, 3.05) is 48.7 Å². The number of fused-ring (bicyclic) bond motifs is 1. The fourth-order valence-electron chi connectivity index (χ4n) is 5.13. The Kier molecular flexibility index (Phi) is 7.93. The number of carbonyl (C=O) groups is 1. The van der Waals surface area contributed by atoms with Crippen LogP contribution in [0.2, 0.25) is 10.0 Å². The Balaban J connectivity index is 1.36. The van der Waals surface area contributed by atoms with E-state index in [1.54, 1.807) is 47.1 Å². The molecule has 0 radical (unpaired) electrons. The first-order chi connectivity index (χ1) is 20.2. The third-order valence-corrected chi connectivity index (χ3v) is 9.40. The zero-order valence-corrected chi connectivity index (χ0v) is 25.2. The van der Waals surface area contributed by atoms with E-state index in [2.05, 4.69) is 38.2 Å². The summed E-state index contributed by atoms with van der Waals surface area (Å²) >= 11 is 14.6. The third kappa shape index (κ3) is 5.37. The van der Waals surface area contributed by atoms with E-state index in [0.717, 1.165) is 31.1 Å². The molecule has 0 saturated carbocycles. The summed E-state index contributed by atoms with van der Waals surface area (Å²) in [5, 5.41) is 10.8. The molecule has 3 aromatic heterocycles. The SMILES string of the molecule is CN(C)C1CN(c2ccc(-n3cc(C(=O)O)c(=O)c4cc(Cl)c(N5SCCC5COc5ncccc5Cl)cc43)cn2)C1. The molecule has 42 heavy (non-hydrogen) atoms. The van der Waals surface area contributed by atoms with Crippen molar-refractivity contribution < 1.29 is 14.6 Å². The number of ether oxygens (including phenoxy) is 1. The lowest BCUT2D eigenvalue weighted by Gasteiger charge is -2.43. The third-order valence-electron chi connectivity index (χ3n) is 7.62. The quantitative estimate of drug-likeness (QED) is 0.273. The first kappa shape index (κ1) is 28.6. The summed E-state index contributed by atoms with van der Waals surface area (Å²) in [5.41, 5.74) is 0.906. The van der Waals surface area contributed by atoms with E-state index in [0.29, 0.717) is 45.5 Å². The minimum Gasteiger partial charge on any atom is -0.477 e. The van der Waals surface area contributed by atoms with Gasteiger partial charge in [-0.1, -0.05) is 23.2 Å². The monoisotopic (exact) mass is 626 g/mol. The number of aromatic nitrogens is 3. The van der Waals surface area contributed by atoms with Gasteiger partial charge in [0, 0.05) is 42.7 Å². The number of carboxylic acids is 1. The van der Waals surface area contributed by atoms with Gasteiger partial charge in [-0.3, -0.25) is 4.79 Å². The molecule has 6 rings (SSSR count). The van der Waals surface area contributed by atoms with E-state index in [1.807, 2.05) is 18.2 Å². The molecule has 10 nitrogen and oxygen atoms in total. The van der Waals surface area contributed by atoms with Gasteiger partial charge in [-0.2, -0.15) is 0 Å². The van der Waals surface area contributed by atoms with Crippen LogP contribution in [-0.2, 0) is 0 Å². The first-order valence-electron chi connectivity index (χ1n) is 13.4. The van der Waals surface area contributed by atoms with Gasteiger partial charge in [0.05, 0.1) is 34.2 Å². The van der Waals surface area contributed by atoms with Crippen LogP contribution in [0.1, 0.15) is 16.8 Å². The van der Waals surface area contributed by atoms with E-state index < -0.39 is 11.4 Å². The fraction of sp³-hybridized carbons (Fsp3) is 0.310. The largest absolute Gasteiger partial charge is 0.477 e. The van der Waals surface area contributed by atoms with Crippen molar-refractivity contribution in [1.82, 2.24) is 19.4 Å². The van der Waals surface area contributed by atoms with Crippen LogP contribution in [0, 0.1) is 0 Å². The Hall–Kier alpha value is -3.51. The van der Waals surface area contributed by atoms with Crippen LogP contribution >= 0.6 is 35.1 Å². The number of halogens is 2. The number of likely N-dealkylation sites (N-methyl/N-ethyl adjacent to an activating group) is 1. The van der Waals surface area contributed by atoms with E-state index in [4.69, 9.17) is 27.9 Å². The van der Waals surface area contributed by atoms with Gasteiger partial charge in [0.1, 0.15) is 23.0 Å². The molecule has 1 N–H and O–H groups in total. The number of carboxylic acid groups (broad SMARTS) is 1. The van der Waals surface area contributed by atoms with E-state index >= 15 is 0 Å². The number of hydrogen-bond donors (Lipinski definition) is 1. The van der Waals surface area contributed by atoms with Crippen LogP contribution < -0.4 is 19.4 Å². The van der Waals surface area contributed by atoms with Gasteiger partial charge in [0.25, 0.3) is 0 Å². The topological polar surface area (TPSA) is 104 Å². The summed E-state index contributed by atoms with van der Waals surface area (Å²) in [7, 11) is 4.12. The van der Waals surface area contributed by atoms with E-state index in [-0.39, 0.29) is 17.0 Å². The van der Waals surface area contributed by atoms with Gasteiger partial charge >= 0.3 is 5.97 Å². The van der Waals surface area contributed by atoms with Crippen molar-refractivity contribution in [1.29, 1.82) is 0 Å². The second-order valence-electron chi connectivity index (χ2n) is 10.5. The smallest absolute Gasteiger partial charge is 0.341 e. The zero-order chi connectivity index (χ0) is 29.5. The molecule has 218 valence electrons. The second kappa shape index (κ2) is 11.6. The summed E-state index contributed by atoms with van der Waals surface area (Å²) in [6, 6.07) is 11.1. The van der Waals surface area contributed by atoms with E-state index in [9.17, 15) is 14.7 Å². The number of pyridine rings is 3. The molecule has 1 atom stereocenters. The number of hydrogen-bond acceptors (Lipinski definition) is 9. The van der Waals surface area contributed by atoms with Crippen LogP contribution in [0.5, 0.6) is 5.88 Å². The predicted octanol–water partition coefficient (Wildman–Crippen LogP) is 4.84. The number of benzene rings is 1. The Labute approximate surface area is 256 Å². The van der Waals surface area contributed by atoms with Crippen molar-refractivity contribution in [3.8, 4) is 11.6 Å². The molecule has 1 aromatic carbocycles. The molecule has 4 aromatic rings. The standard InChI is InChI=1S/C29H28Cl2N6O4S/c1-34(2)19-13-35(14-19)26-6-5-17(12-33-26)36-15-21(29(39)40)27(38)20-10-23(31)25(11-24(20)36)37-18(7-9-42-37)16-41-28-22(30)4-3-8-32-28/h3-6,8,10-12,15,18-19H,7,9,13-14,16H2,1-2H3,(H,39,40). The molecule has 0 bridgehead atoms. The maximum absolute atomic E-state index is 13.2. The van der Waals surface area contributed by atoms with Gasteiger partial charge in [-0.25, -0.2) is 14.8 Å². The second-order valence-corrected chi connectivity index (χ2v) is 12.3. The van der Waals surface area contributed by atoms with Gasteiger partial charge in [-0.05, 0) is 68.9 Å². The normalized spacial score (nSPS) is 17.2. The molecule has 0 amide bonds. The molecule has 0 spiro atoms. The minimum absolute atomic E-state index is 0.0371. The molecular formula is C29H28Cl2N6O4S. The highest BCUT2D eigenvalue weighted by molar-refractivity contribution is 8.00. The molecule has 13 heteroatoms. The highest BCUT2D eigenvalue weighted by atomic mass is 35.5. The van der Waals surface area contributed by atoms with Crippen LogP contribution in [0.3, 0.4) is 0 Å². The highest BCUT2D eigenvalue weighted by Crippen LogP contribution is 2.40. The van der Waals surface area contributed by atoms with E-state index in [1.165, 1.54) is 6.20 Å². The highest BCUT2D eigenvalue weighted by Gasteiger charge is 2.31. The van der Waals surface area contributed by atoms with Gasteiger partial charge < -0.3 is 28.5 Å². The molecular weight excluding hydrogens is 599 g/mol. The molecule has 0 aliphatic carbocycles. The summed E-state index contributed by atoms with van der Waals surface area (Å²) in [5.74, 6) is 0.742. The summed E-state index contributed by atoms with van der Waals surface area (Å²) < 4.78 is 9.71. The Bertz CT molecular complexity index is 1710. The van der Waals surface area contributed by atoms with Gasteiger partial charge in [-0.15, -0.1) is 0 Å². The number of rotatable bonds is 8. The summed E-state index contributed by atoms with van der Waals surface area (Å²) in [6.07, 6.45) is 5.51. The molecule has 2 saturated heterocycles. The predicted molar refractivity (Wildman–Crippen MR) is 167 cm³/mol. The maximum Gasteiger partial charge on any atom is 0.341 e. The van der Waals surface area contributed by atoms with Gasteiger partial charge in [0.2, 0.25) is 11.3 Å². The lowest BCUT2D eigenvalue weighted by Crippen LogP contribution is -2.57. The van der Waals surface area contributed by atoms with Crippen molar-refractivity contribution in [2.24, 2.45) is 0 Å². The van der Waals surface area contributed by atoms with Crippen LogP contribution in [-0.4, -0.2) is 82.1 Å². The maximum atomic E-state index is 13.2. The lowest BCUT2D eigenvalue weighted by molar-refractivity contribution is 0.0695. The molecule has 5 heterocycles. The number of anilines is 2. The fourth-order valence-corrected chi connectivity index (χ4v) is 6.85. The van der Waals surface area contributed by atoms with Crippen molar-refractivity contribution in [3.63, 3.8) is 0 Å². The Morgan fingerprint density at radius 1 is 1.17 bits per heavy atom. The average molecular weight is 628 g/mol. The average Bonchev–Trinajstić information content (AvgIpc) is 3.40. The van der Waals surface area contributed by atoms with Crippen LogP contribution in [0.4, 0.5) is 11.5 Å². The number of nitrogens with zero attached hydrogens (tertiary/aromatic N) is 6. The number of aromatic carboxylic acids is 1. The minimum atomic E-state index is -1.31. The van der Waals surface area contributed by atoms with Crippen molar-refractivity contribution in [2.45, 2.75) is 18.5 Å². The summed E-state index contributed by atoms with van der Waals surface area (Å²) in [6.45, 7) is 2.10. The molecule has 2 fully saturated rings. The van der Waals surface area contributed by atoms with Crippen LogP contribution in [0.15, 0.2) is 59.8 Å². The zero-order valence-electron chi connectivity index (χ0n) is 22.9. The van der Waals surface area contributed by atoms with Gasteiger partial charge in [0.15, 0.2) is 0 Å². The molecule has 2 aliphatic heterocycles. The van der Waals surface area contributed by atoms with Crippen molar-refractivity contribution >= 4 is 63.5 Å². The molecule has 2 aliphatic rings. The molecule has 1 unspecified atom stereocenters.